The van der Waals surface area contributed by atoms with Gasteiger partial charge in [-0.05, 0) is 46.8 Å². The Morgan fingerprint density at radius 3 is 2.89 bits per heavy atom. The second-order valence-corrected chi connectivity index (χ2v) is 5.76. The molecule has 0 radical (unpaired) electrons. The predicted molar refractivity (Wildman–Crippen MR) is 81.1 cm³/mol. The SMILES string of the molecule is CC(C)CCCNc1ccc2nc(CN)c(Br)n2n1. The fraction of sp³-hybridized carbons (Fsp3) is 0.538. The average molecular weight is 326 g/mol. The van der Waals surface area contributed by atoms with Crippen LogP contribution in [0.5, 0.6) is 0 Å². The molecule has 2 aromatic rings. The largest absolute Gasteiger partial charge is 0.369 e. The van der Waals surface area contributed by atoms with E-state index in [0.29, 0.717) is 6.54 Å². The number of nitrogens with two attached hydrogens (primary N) is 1. The van der Waals surface area contributed by atoms with Crippen LogP contribution in [0.3, 0.4) is 0 Å². The monoisotopic (exact) mass is 325 g/mol. The first-order valence-corrected chi connectivity index (χ1v) is 7.39. The van der Waals surface area contributed by atoms with Crippen molar-refractivity contribution in [1.82, 2.24) is 14.6 Å². The summed E-state index contributed by atoms with van der Waals surface area (Å²) in [5, 5.41) is 7.84. The predicted octanol–water partition coefficient (Wildman–Crippen LogP) is 2.80. The van der Waals surface area contributed by atoms with Gasteiger partial charge in [0.05, 0.1) is 5.69 Å². The number of fused-ring (bicyclic) bond motifs is 1. The quantitative estimate of drug-likeness (QED) is 0.801. The van der Waals surface area contributed by atoms with Crippen LogP contribution in [-0.4, -0.2) is 21.1 Å². The highest BCUT2D eigenvalue weighted by molar-refractivity contribution is 9.10. The molecule has 0 aliphatic heterocycles. The molecule has 0 aromatic carbocycles. The van der Waals surface area contributed by atoms with Gasteiger partial charge in [0.25, 0.3) is 0 Å². The molecule has 0 bridgehead atoms. The first-order chi connectivity index (χ1) is 9.11. The molecule has 0 saturated heterocycles. The van der Waals surface area contributed by atoms with Crippen molar-refractivity contribution in [3.05, 3.63) is 22.4 Å². The molecule has 2 heterocycles. The van der Waals surface area contributed by atoms with Crippen molar-refractivity contribution in [1.29, 1.82) is 0 Å². The maximum absolute atomic E-state index is 5.63. The molecular formula is C13H20BrN5. The molecule has 0 aliphatic carbocycles. The summed E-state index contributed by atoms with van der Waals surface area (Å²) in [6.45, 7) is 5.82. The van der Waals surface area contributed by atoms with Crippen molar-refractivity contribution in [2.45, 2.75) is 33.2 Å². The zero-order valence-electron chi connectivity index (χ0n) is 11.4. The van der Waals surface area contributed by atoms with Gasteiger partial charge < -0.3 is 11.1 Å². The van der Waals surface area contributed by atoms with Crippen LogP contribution in [-0.2, 0) is 6.54 Å². The van der Waals surface area contributed by atoms with E-state index in [-0.39, 0.29) is 0 Å². The highest BCUT2D eigenvalue weighted by Crippen LogP contribution is 2.18. The summed E-state index contributed by atoms with van der Waals surface area (Å²) >= 11 is 3.48. The Balaban J connectivity index is 2.06. The first kappa shape index (κ1) is 14.3. The van der Waals surface area contributed by atoms with E-state index in [9.17, 15) is 0 Å². The average Bonchev–Trinajstić information content (AvgIpc) is 2.71. The number of rotatable bonds is 6. The van der Waals surface area contributed by atoms with Crippen LogP contribution in [0.25, 0.3) is 5.65 Å². The summed E-state index contributed by atoms with van der Waals surface area (Å²) in [6.07, 6.45) is 2.37. The summed E-state index contributed by atoms with van der Waals surface area (Å²) in [5.74, 6) is 1.60. The standard InChI is InChI=1S/C13H20BrN5/c1-9(2)4-3-7-16-11-5-6-12-17-10(8-15)13(14)19(12)18-11/h5-6,9H,3-4,7-8,15H2,1-2H3,(H,16,18). The van der Waals surface area contributed by atoms with Gasteiger partial charge in [-0.2, -0.15) is 0 Å². The van der Waals surface area contributed by atoms with Crippen LogP contribution < -0.4 is 11.1 Å². The zero-order chi connectivity index (χ0) is 13.8. The van der Waals surface area contributed by atoms with Crippen molar-refractivity contribution in [2.24, 2.45) is 11.7 Å². The fourth-order valence-electron chi connectivity index (χ4n) is 1.90. The molecule has 0 spiro atoms. The van der Waals surface area contributed by atoms with E-state index < -0.39 is 0 Å². The van der Waals surface area contributed by atoms with Gasteiger partial charge in [0.1, 0.15) is 10.4 Å². The first-order valence-electron chi connectivity index (χ1n) is 6.60. The minimum atomic E-state index is 0.404. The van der Waals surface area contributed by atoms with Crippen LogP contribution in [0.4, 0.5) is 5.82 Å². The molecule has 0 fully saturated rings. The summed E-state index contributed by atoms with van der Waals surface area (Å²) in [6, 6.07) is 3.89. The molecule has 0 aliphatic rings. The summed E-state index contributed by atoms with van der Waals surface area (Å²) in [4.78, 5) is 4.39. The Hall–Kier alpha value is -1.14. The highest BCUT2D eigenvalue weighted by atomic mass is 79.9. The van der Waals surface area contributed by atoms with Crippen molar-refractivity contribution >= 4 is 27.4 Å². The number of halogens is 1. The van der Waals surface area contributed by atoms with E-state index in [2.05, 4.69) is 45.2 Å². The van der Waals surface area contributed by atoms with E-state index in [1.54, 1.807) is 4.52 Å². The van der Waals surface area contributed by atoms with Gasteiger partial charge in [-0.1, -0.05) is 13.8 Å². The van der Waals surface area contributed by atoms with Gasteiger partial charge in [0.2, 0.25) is 0 Å². The molecule has 0 unspecified atom stereocenters. The van der Waals surface area contributed by atoms with Gasteiger partial charge in [-0.3, -0.25) is 0 Å². The fourth-order valence-corrected chi connectivity index (χ4v) is 2.41. The lowest BCUT2D eigenvalue weighted by Crippen LogP contribution is -2.06. The van der Waals surface area contributed by atoms with Crippen LogP contribution >= 0.6 is 15.9 Å². The number of hydrogen-bond acceptors (Lipinski definition) is 4. The third-order valence-corrected chi connectivity index (χ3v) is 3.74. The Kier molecular flexibility index (Phi) is 4.76. The molecule has 5 nitrogen and oxygen atoms in total. The number of imidazole rings is 1. The lowest BCUT2D eigenvalue weighted by Gasteiger charge is -2.07. The second-order valence-electron chi connectivity index (χ2n) is 5.00. The van der Waals surface area contributed by atoms with Crippen molar-refractivity contribution in [3.63, 3.8) is 0 Å². The maximum atomic E-state index is 5.63. The van der Waals surface area contributed by atoms with Crippen LogP contribution in [0.2, 0.25) is 0 Å². The maximum Gasteiger partial charge on any atom is 0.155 e. The zero-order valence-corrected chi connectivity index (χ0v) is 12.9. The van der Waals surface area contributed by atoms with Gasteiger partial charge >= 0.3 is 0 Å². The number of nitrogens with zero attached hydrogens (tertiary/aromatic N) is 3. The van der Waals surface area contributed by atoms with Crippen LogP contribution in [0, 0.1) is 5.92 Å². The third-order valence-electron chi connectivity index (χ3n) is 2.95. The van der Waals surface area contributed by atoms with E-state index in [4.69, 9.17) is 5.73 Å². The minimum Gasteiger partial charge on any atom is -0.369 e. The Labute approximate surface area is 121 Å². The van der Waals surface area contributed by atoms with E-state index in [1.165, 1.54) is 6.42 Å². The minimum absolute atomic E-state index is 0.404. The lowest BCUT2D eigenvalue weighted by atomic mass is 10.1. The smallest absolute Gasteiger partial charge is 0.155 e. The lowest BCUT2D eigenvalue weighted by molar-refractivity contribution is 0.566. The van der Waals surface area contributed by atoms with E-state index in [0.717, 1.165) is 40.6 Å². The van der Waals surface area contributed by atoms with Gasteiger partial charge in [0, 0.05) is 13.1 Å². The van der Waals surface area contributed by atoms with Crippen LogP contribution in [0.15, 0.2) is 16.7 Å². The van der Waals surface area contributed by atoms with Crippen molar-refractivity contribution in [3.8, 4) is 0 Å². The topological polar surface area (TPSA) is 68.2 Å². The molecule has 2 rings (SSSR count). The van der Waals surface area contributed by atoms with E-state index >= 15 is 0 Å². The molecule has 0 amide bonds. The van der Waals surface area contributed by atoms with Gasteiger partial charge in [-0.15, -0.1) is 5.10 Å². The molecule has 2 aromatic heterocycles. The normalized spacial score (nSPS) is 11.4. The Bertz CT molecular complexity index is 549. The second kappa shape index (κ2) is 6.34. The molecule has 104 valence electrons. The van der Waals surface area contributed by atoms with Crippen molar-refractivity contribution in [2.75, 3.05) is 11.9 Å². The number of nitrogens with one attached hydrogen (secondary N) is 1. The van der Waals surface area contributed by atoms with E-state index in [1.807, 2.05) is 12.1 Å². The third kappa shape index (κ3) is 3.45. The molecule has 6 heteroatoms. The van der Waals surface area contributed by atoms with Gasteiger partial charge in [-0.25, -0.2) is 9.50 Å². The van der Waals surface area contributed by atoms with Crippen molar-refractivity contribution < 1.29 is 0 Å². The summed E-state index contributed by atoms with van der Waals surface area (Å²) in [7, 11) is 0. The molecule has 0 atom stereocenters. The molecule has 3 N–H and O–H groups in total. The van der Waals surface area contributed by atoms with Gasteiger partial charge in [0.15, 0.2) is 5.65 Å². The molecule has 19 heavy (non-hydrogen) atoms. The summed E-state index contributed by atoms with van der Waals surface area (Å²) < 4.78 is 2.60. The highest BCUT2D eigenvalue weighted by Gasteiger charge is 2.09. The molecular weight excluding hydrogens is 306 g/mol. The summed E-state index contributed by atoms with van der Waals surface area (Å²) in [5.41, 5.74) is 7.26. The Morgan fingerprint density at radius 1 is 1.42 bits per heavy atom. The Morgan fingerprint density at radius 2 is 2.21 bits per heavy atom. The number of hydrogen-bond donors (Lipinski definition) is 2. The number of aromatic nitrogens is 3. The number of anilines is 1. The van der Waals surface area contributed by atoms with Crippen LogP contribution in [0.1, 0.15) is 32.4 Å². The molecule has 0 saturated carbocycles.